The standard InChI is InChI=1S/C20H20N2O3S/c1-4-25-17-10-14(6-8-16(17)23)11-18-19(24)22-20(26-18)21-15-7-5-12(2)13(3)9-15/h5-11,23H,4H2,1-3H3,(H,21,22,24). The second-order valence-corrected chi connectivity index (χ2v) is 6.94. The lowest BCUT2D eigenvalue weighted by Crippen LogP contribution is -2.19. The van der Waals surface area contributed by atoms with Gasteiger partial charge in [-0.25, -0.2) is 4.99 Å². The van der Waals surface area contributed by atoms with Gasteiger partial charge >= 0.3 is 0 Å². The van der Waals surface area contributed by atoms with Crippen LogP contribution in [0.4, 0.5) is 5.69 Å². The molecule has 6 heteroatoms. The maximum absolute atomic E-state index is 12.2. The predicted octanol–water partition coefficient (Wildman–Crippen LogP) is 4.30. The van der Waals surface area contributed by atoms with E-state index in [1.807, 2.05) is 39.0 Å². The van der Waals surface area contributed by atoms with E-state index < -0.39 is 0 Å². The van der Waals surface area contributed by atoms with E-state index >= 15 is 0 Å². The Balaban J connectivity index is 1.83. The van der Waals surface area contributed by atoms with Crippen LogP contribution in [0.25, 0.3) is 6.08 Å². The summed E-state index contributed by atoms with van der Waals surface area (Å²) in [6, 6.07) is 10.9. The number of carbonyl (C=O) groups is 1. The predicted molar refractivity (Wildman–Crippen MR) is 106 cm³/mol. The minimum atomic E-state index is -0.191. The van der Waals surface area contributed by atoms with E-state index in [4.69, 9.17) is 4.74 Å². The highest BCUT2D eigenvalue weighted by Gasteiger charge is 2.24. The summed E-state index contributed by atoms with van der Waals surface area (Å²) in [5.74, 6) is 0.285. The van der Waals surface area contributed by atoms with Crippen molar-refractivity contribution < 1.29 is 14.6 Å². The first-order chi connectivity index (χ1) is 12.5. The van der Waals surface area contributed by atoms with Crippen LogP contribution in [-0.4, -0.2) is 22.8 Å². The molecule has 3 rings (SSSR count). The van der Waals surface area contributed by atoms with E-state index in [9.17, 15) is 9.90 Å². The molecule has 1 heterocycles. The normalized spacial score (nSPS) is 17.0. The molecule has 1 aliphatic heterocycles. The summed E-state index contributed by atoms with van der Waals surface area (Å²) in [5.41, 5.74) is 3.94. The Morgan fingerprint density at radius 3 is 2.73 bits per heavy atom. The molecule has 1 fully saturated rings. The van der Waals surface area contributed by atoms with Gasteiger partial charge in [0.25, 0.3) is 5.91 Å². The monoisotopic (exact) mass is 368 g/mol. The zero-order chi connectivity index (χ0) is 18.7. The molecule has 0 unspecified atom stereocenters. The smallest absolute Gasteiger partial charge is 0.264 e. The van der Waals surface area contributed by atoms with Gasteiger partial charge < -0.3 is 15.2 Å². The first-order valence-electron chi connectivity index (χ1n) is 8.29. The molecule has 0 aliphatic carbocycles. The Kier molecular flexibility index (Phi) is 5.32. The number of amidine groups is 1. The Bertz CT molecular complexity index is 919. The second kappa shape index (κ2) is 7.66. The quantitative estimate of drug-likeness (QED) is 0.790. The van der Waals surface area contributed by atoms with Gasteiger partial charge in [0, 0.05) is 0 Å². The first kappa shape index (κ1) is 18.1. The van der Waals surface area contributed by atoms with Crippen LogP contribution < -0.4 is 10.1 Å². The fraction of sp³-hybridized carbons (Fsp3) is 0.200. The van der Waals surface area contributed by atoms with Gasteiger partial charge in [-0.2, -0.15) is 0 Å². The Hall–Kier alpha value is -2.73. The summed E-state index contributed by atoms with van der Waals surface area (Å²) < 4.78 is 5.38. The number of phenolic OH excluding ortho intramolecular Hbond substituents is 1. The van der Waals surface area contributed by atoms with E-state index in [1.54, 1.807) is 24.3 Å². The number of carbonyl (C=O) groups excluding carboxylic acids is 1. The van der Waals surface area contributed by atoms with Crippen molar-refractivity contribution in [3.05, 3.63) is 58.0 Å². The van der Waals surface area contributed by atoms with Gasteiger partial charge in [0.05, 0.1) is 17.2 Å². The number of thioether (sulfide) groups is 1. The maximum atomic E-state index is 12.2. The van der Waals surface area contributed by atoms with Crippen LogP contribution in [0.5, 0.6) is 11.5 Å². The summed E-state index contributed by atoms with van der Waals surface area (Å²) in [6.07, 6.45) is 1.75. The number of hydrogen-bond acceptors (Lipinski definition) is 5. The number of nitrogens with zero attached hydrogens (tertiary/aromatic N) is 1. The van der Waals surface area contributed by atoms with Crippen molar-refractivity contribution in [1.82, 2.24) is 5.32 Å². The number of benzene rings is 2. The molecule has 1 saturated heterocycles. The first-order valence-corrected chi connectivity index (χ1v) is 9.10. The van der Waals surface area contributed by atoms with Crippen LogP contribution in [0.15, 0.2) is 46.3 Å². The van der Waals surface area contributed by atoms with Crippen LogP contribution >= 0.6 is 11.8 Å². The van der Waals surface area contributed by atoms with Gasteiger partial charge in [-0.1, -0.05) is 12.1 Å². The average Bonchev–Trinajstić information content (AvgIpc) is 2.93. The molecule has 0 radical (unpaired) electrons. The van der Waals surface area contributed by atoms with Gasteiger partial charge in [0.1, 0.15) is 0 Å². The maximum Gasteiger partial charge on any atom is 0.264 e. The van der Waals surface area contributed by atoms with Crippen LogP contribution in [0.1, 0.15) is 23.6 Å². The summed E-state index contributed by atoms with van der Waals surface area (Å²) in [6.45, 7) is 6.38. The number of hydrogen-bond donors (Lipinski definition) is 2. The second-order valence-electron chi connectivity index (χ2n) is 5.91. The molecule has 26 heavy (non-hydrogen) atoms. The summed E-state index contributed by atoms with van der Waals surface area (Å²) >= 11 is 1.29. The Morgan fingerprint density at radius 2 is 2.00 bits per heavy atom. The molecule has 2 aromatic rings. The fourth-order valence-corrected chi connectivity index (χ4v) is 3.28. The molecule has 0 bridgehead atoms. The van der Waals surface area contributed by atoms with Crippen molar-refractivity contribution in [3.8, 4) is 11.5 Å². The van der Waals surface area contributed by atoms with Crippen molar-refractivity contribution >= 4 is 34.6 Å². The number of ether oxygens (including phenoxy) is 1. The Morgan fingerprint density at radius 1 is 1.19 bits per heavy atom. The summed E-state index contributed by atoms with van der Waals surface area (Å²) in [4.78, 5) is 17.3. The average molecular weight is 368 g/mol. The van der Waals surface area contributed by atoms with Crippen molar-refractivity contribution in [2.45, 2.75) is 20.8 Å². The third kappa shape index (κ3) is 4.08. The molecule has 1 amide bonds. The highest BCUT2D eigenvalue weighted by atomic mass is 32.2. The molecule has 5 nitrogen and oxygen atoms in total. The molecular weight excluding hydrogens is 348 g/mol. The number of aliphatic imine (C=N–C) groups is 1. The Labute approximate surface area is 156 Å². The lowest BCUT2D eigenvalue weighted by molar-refractivity contribution is -0.115. The van der Waals surface area contributed by atoms with E-state index in [0.717, 1.165) is 16.8 Å². The lowest BCUT2D eigenvalue weighted by atomic mass is 10.1. The molecule has 0 aromatic heterocycles. The van der Waals surface area contributed by atoms with Gasteiger partial charge in [-0.05, 0) is 79.6 Å². The van der Waals surface area contributed by atoms with Gasteiger partial charge in [-0.3, -0.25) is 4.79 Å². The van der Waals surface area contributed by atoms with Gasteiger partial charge in [0.15, 0.2) is 16.7 Å². The summed E-state index contributed by atoms with van der Waals surface area (Å²) in [5, 5.41) is 13.1. The van der Waals surface area contributed by atoms with E-state index in [1.165, 1.54) is 17.3 Å². The molecule has 2 N–H and O–H groups in total. The van der Waals surface area contributed by atoms with Crippen molar-refractivity contribution in [3.63, 3.8) is 0 Å². The van der Waals surface area contributed by atoms with Crippen LogP contribution in [0.3, 0.4) is 0 Å². The lowest BCUT2D eigenvalue weighted by Gasteiger charge is -2.06. The van der Waals surface area contributed by atoms with E-state index in [2.05, 4.69) is 10.3 Å². The van der Waals surface area contributed by atoms with Crippen LogP contribution in [0.2, 0.25) is 0 Å². The van der Waals surface area contributed by atoms with Crippen molar-refractivity contribution in [1.29, 1.82) is 0 Å². The van der Waals surface area contributed by atoms with Crippen LogP contribution in [0, 0.1) is 13.8 Å². The molecular formula is C20H20N2O3S. The zero-order valence-electron chi connectivity index (χ0n) is 14.9. The minimum absolute atomic E-state index is 0.0783. The van der Waals surface area contributed by atoms with Crippen LogP contribution in [-0.2, 0) is 4.79 Å². The number of phenols is 1. The number of nitrogens with one attached hydrogen (secondary N) is 1. The van der Waals surface area contributed by atoms with Crippen molar-refractivity contribution in [2.24, 2.45) is 4.99 Å². The topological polar surface area (TPSA) is 70.9 Å². The highest BCUT2D eigenvalue weighted by Crippen LogP contribution is 2.31. The van der Waals surface area contributed by atoms with Gasteiger partial charge in [-0.15, -0.1) is 0 Å². The number of aryl methyl sites for hydroxylation is 2. The van der Waals surface area contributed by atoms with E-state index in [-0.39, 0.29) is 11.7 Å². The largest absolute Gasteiger partial charge is 0.504 e. The fourth-order valence-electron chi connectivity index (χ4n) is 2.44. The molecule has 1 aliphatic rings. The molecule has 2 aromatic carbocycles. The number of aromatic hydroxyl groups is 1. The molecule has 0 atom stereocenters. The third-order valence-corrected chi connectivity index (χ3v) is 4.86. The third-order valence-electron chi connectivity index (χ3n) is 3.95. The zero-order valence-corrected chi connectivity index (χ0v) is 15.7. The molecule has 134 valence electrons. The summed E-state index contributed by atoms with van der Waals surface area (Å²) in [7, 11) is 0. The SMILES string of the molecule is CCOc1cc(C=C2SC(=Nc3ccc(C)c(C)c3)NC2=O)ccc1O. The van der Waals surface area contributed by atoms with E-state index in [0.29, 0.717) is 22.4 Å². The minimum Gasteiger partial charge on any atom is -0.504 e. The molecule has 0 saturated carbocycles. The highest BCUT2D eigenvalue weighted by molar-refractivity contribution is 8.18. The van der Waals surface area contributed by atoms with Crippen molar-refractivity contribution in [2.75, 3.05) is 6.61 Å². The van der Waals surface area contributed by atoms with Gasteiger partial charge in [0.2, 0.25) is 0 Å². The number of amides is 1. The number of rotatable bonds is 4. The molecule has 0 spiro atoms.